The maximum Gasteiger partial charge on any atom is 0.106 e. The summed E-state index contributed by atoms with van der Waals surface area (Å²) < 4.78 is 0. The molecule has 0 saturated heterocycles. The van der Waals surface area contributed by atoms with Gasteiger partial charge in [0.15, 0.2) is 0 Å². The predicted molar refractivity (Wildman–Crippen MR) is 70.8 cm³/mol. The molecule has 88 valence electrons. The van der Waals surface area contributed by atoms with Crippen molar-refractivity contribution in [2.75, 3.05) is 11.6 Å². The Bertz CT molecular complexity index is 328. The van der Waals surface area contributed by atoms with Gasteiger partial charge in [-0.25, -0.2) is 0 Å². The lowest BCUT2D eigenvalue weighted by atomic mass is 10.0. The van der Waals surface area contributed by atoms with Gasteiger partial charge in [-0.15, -0.1) is 0 Å². The van der Waals surface area contributed by atoms with E-state index >= 15 is 0 Å². The quantitative estimate of drug-likeness (QED) is 0.470. The zero-order valence-electron chi connectivity index (χ0n) is 10.4. The molecular weight excluding hydrogens is 198 g/mol. The zero-order chi connectivity index (χ0) is 12.0. The highest BCUT2D eigenvalue weighted by Gasteiger charge is 2.04. The summed E-state index contributed by atoms with van der Waals surface area (Å²) in [6.45, 7) is 7.39. The standard InChI is InChI=1S/C13H21N3/c1-4-9-16(15-10-14)13-7-5-12(6-8-13)11(2)3/h5-8,10-11H,4,9H2,1-3H3,(H2,14,15). The molecule has 0 aromatic heterocycles. The van der Waals surface area contributed by atoms with Crippen molar-refractivity contribution >= 4 is 12.0 Å². The smallest absolute Gasteiger partial charge is 0.106 e. The van der Waals surface area contributed by atoms with Crippen LogP contribution in [-0.2, 0) is 0 Å². The van der Waals surface area contributed by atoms with E-state index in [1.54, 1.807) is 0 Å². The largest absolute Gasteiger partial charge is 0.388 e. The van der Waals surface area contributed by atoms with Crippen LogP contribution in [0.25, 0.3) is 0 Å². The van der Waals surface area contributed by atoms with Crippen LogP contribution in [0, 0.1) is 0 Å². The van der Waals surface area contributed by atoms with E-state index in [4.69, 9.17) is 5.73 Å². The molecule has 2 N–H and O–H groups in total. The van der Waals surface area contributed by atoms with Crippen molar-refractivity contribution in [3.05, 3.63) is 29.8 Å². The van der Waals surface area contributed by atoms with Gasteiger partial charge >= 0.3 is 0 Å². The van der Waals surface area contributed by atoms with Crippen LogP contribution < -0.4 is 10.7 Å². The molecule has 0 bridgehead atoms. The van der Waals surface area contributed by atoms with Gasteiger partial charge in [-0.1, -0.05) is 32.9 Å². The minimum absolute atomic E-state index is 0.562. The van der Waals surface area contributed by atoms with E-state index in [0.717, 1.165) is 18.7 Å². The van der Waals surface area contributed by atoms with Crippen LogP contribution in [0.3, 0.4) is 0 Å². The van der Waals surface area contributed by atoms with Gasteiger partial charge < -0.3 is 5.73 Å². The number of rotatable bonds is 5. The minimum Gasteiger partial charge on any atom is -0.388 e. The number of hydrazone groups is 1. The first-order valence-electron chi connectivity index (χ1n) is 5.80. The fraction of sp³-hybridized carbons (Fsp3) is 0.462. The van der Waals surface area contributed by atoms with E-state index in [0.29, 0.717) is 5.92 Å². The Kier molecular flexibility index (Phi) is 4.83. The van der Waals surface area contributed by atoms with Crippen LogP contribution in [0.4, 0.5) is 5.69 Å². The Morgan fingerprint density at radius 2 is 1.94 bits per heavy atom. The SMILES string of the molecule is CCCN(/N=C\N)c1ccc(C(C)C)cc1. The first kappa shape index (κ1) is 12.6. The lowest BCUT2D eigenvalue weighted by Crippen LogP contribution is -2.18. The van der Waals surface area contributed by atoms with Gasteiger partial charge in [0.2, 0.25) is 0 Å². The number of nitrogens with zero attached hydrogens (tertiary/aromatic N) is 2. The number of anilines is 1. The molecule has 0 spiro atoms. The number of hydrogen-bond acceptors (Lipinski definition) is 2. The summed E-state index contributed by atoms with van der Waals surface area (Å²) >= 11 is 0. The van der Waals surface area contributed by atoms with Crippen LogP contribution in [0.2, 0.25) is 0 Å². The van der Waals surface area contributed by atoms with Crippen molar-refractivity contribution in [3.63, 3.8) is 0 Å². The first-order chi connectivity index (χ1) is 7.69. The second-order valence-electron chi connectivity index (χ2n) is 4.13. The summed E-state index contributed by atoms with van der Waals surface area (Å²) in [6.07, 6.45) is 2.38. The maximum absolute atomic E-state index is 5.34. The first-order valence-corrected chi connectivity index (χ1v) is 5.80. The molecule has 0 unspecified atom stereocenters. The molecule has 0 amide bonds. The third-order valence-corrected chi connectivity index (χ3v) is 2.50. The van der Waals surface area contributed by atoms with Crippen molar-refractivity contribution < 1.29 is 0 Å². The van der Waals surface area contributed by atoms with Crippen LogP contribution in [0.1, 0.15) is 38.7 Å². The van der Waals surface area contributed by atoms with E-state index < -0.39 is 0 Å². The third-order valence-electron chi connectivity index (χ3n) is 2.50. The molecule has 3 nitrogen and oxygen atoms in total. The summed E-state index contributed by atoms with van der Waals surface area (Å²) in [5.74, 6) is 0.562. The highest BCUT2D eigenvalue weighted by Crippen LogP contribution is 2.20. The van der Waals surface area contributed by atoms with Crippen molar-refractivity contribution in [1.29, 1.82) is 0 Å². The number of benzene rings is 1. The Balaban J connectivity index is 2.85. The topological polar surface area (TPSA) is 41.6 Å². The maximum atomic E-state index is 5.34. The molecule has 16 heavy (non-hydrogen) atoms. The zero-order valence-corrected chi connectivity index (χ0v) is 10.4. The molecule has 1 aromatic rings. The van der Waals surface area contributed by atoms with Crippen LogP contribution >= 0.6 is 0 Å². The molecule has 0 aliphatic carbocycles. The van der Waals surface area contributed by atoms with Gasteiger partial charge in [0.05, 0.1) is 5.69 Å². The Morgan fingerprint density at radius 3 is 2.38 bits per heavy atom. The summed E-state index contributed by atoms with van der Waals surface area (Å²) in [7, 11) is 0. The molecule has 3 heteroatoms. The minimum atomic E-state index is 0.562. The van der Waals surface area contributed by atoms with E-state index in [1.807, 2.05) is 5.01 Å². The molecule has 0 heterocycles. The summed E-state index contributed by atoms with van der Waals surface area (Å²) in [5.41, 5.74) is 7.78. The van der Waals surface area contributed by atoms with Gasteiger partial charge in [0, 0.05) is 6.54 Å². The van der Waals surface area contributed by atoms with Crippen molar-refractivity contribution in [3.8, 4) is 0 Å². The molecule has 1 rings (SSSR count). The average molecular weight is 219 g/mol. The van der Waals surface area contributed by atoms with Gasteiger partial charge in [-0.05, 0) is 30.0 Å². The van der Waals surface area contributed by atoms with Crippen molar-refractivity contribution in [2.24, 2.45) is 10.8 Å². The second-order valence-corrected chi connectivity index (χ2v) is 4.13. The van der Waals surface area contributed by atoms with E-state index in [1.165, 1.54) is 11.9 Å². The average Bonchev–Trinajstić information content (AvgIpc) is 2.29. The molecule has 0 atom stereocenters. The number of nitrogens with two attached hydrogens (primary N) is 1. The predicted octanol–water partition coefficient (Wildman–Crippen LogP) is 2.93. The molecule has 0 fully saturated rings. The van der Waals surface area contributed by atoms with E-state index in [-0.39, 0.29) is 0 Å². The molecule has 0 radical (unpaired) electrons. The summed E-state index contributed by atoms with van der Waals surface area (Å²) in [5, 5.41) is 6.07. The van der Waals surface area contributed by atoms with Crippen molar-refractivity contribution in [2.45, 2.75) is 33.1 Å². The Morgan fingerprint density at radius 1 is 1.31 bits per heavy atom. The highest BCUT2D eigenvalue weighted by atomic mass is 15.5. The van der Waals surface area contributed by atoms with E-state index in [9.17, 15) is 0 Å². The van der Waals surface area contributed by atoms with Crippen LogP contribution in [-0.4, -0.2) is 12.9 Å². The molecule has 1 aromatic carbocycles. The molecule has 0 aliphatic rings. The summed E-state index contributed by atoms with van der Waals surface area (Å²) in [4.78, 5) is 0. The van der Waals surface area contributed by atoms with Crippen LogP contribution in [0.15, 0.2) is 29.4 Å². The van der Waals surface area contributed by atoms with Gasteiger partial charge in [-0.3, -0.25) is 5.01 Å². The highest BCUT2D eigenvalue weighted by molar-refractivity contribution is 5.56. The van der Waals surface area contributed by atoms with E-state index in [2.05, 4.69) is 50.1 Å². The molecule has 0 saturated carbocycles. The fourth-order valence-corrected chi connectivity index (χ4v) is 1.58. The third kappa shape index (κ3) is 3.26. The Hall–Kier alpha value is -1.51. The number of hydrogen-bond donors (Lipinski definition) is 1. The van der Waals surface area contributed by atoms with Crippen LogP contribution in [0.5, 0.6) is 0 Å². The lowest BCUT2D eigenvalue weighted by Gasteiger charge is -2.18. The molecule has 0 aliphatic heterocycles. The summed E-state index contributed by atoms with van der Waals surface area (Å²) in [6, 6.07) is 8.49. The van der Waals surface area contributed by atoms with Gasteiger partial charge in [-0.2, -0.15) is 5.10 Å². The van der Waals surface area contributed by atoms with Gasteiger partial charge in [0.1, 0.15) is 6.34 Å². The van der Waals surface area contributed by atoms with Crippen molar-refractivity contribution in [1.82, 2.24) is 0 Å². The normalized spacial score (nSPS) is 11.2. The molecular formula is C13H21N3. The Labute approximate surface area is 98.0 Å². The fourth-order valence-electron chi connectivity index (χ4n) is 1.58. The second kappa shape index (κ2) is 6.16. The van der Waals surface area contributed by atoms with Gasteiger partial charge in [0.25, 0.3) is 0 Å². The monoisotopic (exact) mass is 219 g/mol. The lowest BCUT2D eigenvalue weighted by molar-refractivity contribution is 0.806.